The second-order valence-corrected chi connectivity index (χ2v) is 6.95. The number of carboxylic acids is 1. The van der Waals surface area contributed by atoms with Crippen LogP contribution in [0.1, 0.15) is 58.8 Å². The molecule has 2 saturated carbocycles. The van der Waals surface area contributed by atoms with E-state index in [2.05, 4.69) is 12.2 Å². The van der Waals surface area contributed by atoms with Crippen molar-refractivity contribution in [3.8, 4) is 0 Å². The number of nitrogens with one attached hydrogen (secondary N) is 1. The molecule has 0 aromatic carbocycles. The van der Waals surface area contributed by atoms with E-state index in [1.54, 1.807) is 0 Å². The average molecular weight is 281 g/mol. The van der Waals surface area contributed by atoms with Crippen molar-refractivity contribution in [1.29, 1.82) is 0 Å². The summed E-state index contributed by atoms with van der Waals surface area (Å²) in [4.78, 5) is 23.7. The predicted octanol–water partition coefficient (Wildman–Crippen LogP) is 2.82. The molecule has 0 spiro atoms. The van der Waals surface area contributed by atoms with Gasteiger partial charge in [-0.25, -0.2) is 0 Å². The van der Waals surface area contributed by atoms with Crippen LogP contribution in [0.25, 0.3) is 0 Å². The van der Waals surface area contributed by atoms with E-state index in [1.165, 1.54) is 6.42 Å². The molecule has 4 heteroatoms. The molecule has 5 unspecified atom stereocenters. The first-order valence-corrected chi connectivity index (χ1v) is 8.00. The molecule has 0 aromatic heterocycles. The van der Waals surface area contributed by atoms with Gasteiger partial charge in [0.15, 0.2) is 0 Å². The van der Waals surface area contributed by atoms with E-state index < -0.39 is 11.9 Å². The summed E-state index contributed by atoms with van der Waals surface area (Å²) in [6, 6.07) is 0.248. The van der Waals surface area contributed by atoms with Crippen LogP contribution in [0.3, 0.4) is 0 Å². The quantitative estimate of drug-likeness (QED) is 0.782. The fourth-order valence-corrected chi connectivity index (χ4v) is 3.79. The van der Waals surface area contributed by atoms with Crippen LogP contribution in [0.2, 0.25) is 0 Å². The molecule has 2 aliphatic carbocycles. The lowest BCUT2D eigenvalue weighted by Gasteiger charge is -2.21. The average Bonchev–Trinajstić information content (AvgIpc) is 2.67. The minimum absolute atomic E-state index is 0.0266. The van der Waals surface area contributed by atoms with Gasteiger partial charge in [-0.1, -0.05) is 26.7 Å². The van der Waals surface area contributed by atoms with Crippen molar-refractivity contribution in [1.82, 2.24) is 5.32 Å². The minimum Gasteiger partial charge on any atom is -0.481 e. The third-order valence-corrected chi connectivity index (χ3v) is 5.06. The van der Waals surface area contributed by atoms with Gasteiger partial charge in [0.1, 0.15) is 0 Å². The maximum atomic E-state index is 12.4. The van der Waals surface area contributed by atoms with Crippen molar-refractivity contribution in [3.05, 3.63) is 0 Å². The summed E-state index contributed by atoms with van der Waals surface area (Å²) in [5, 5.41) is 12.4. The van der Waals surface area contributed by atoms with Crippen LogP contribution in [-0.4, -0.2) is 23.0 Å². The first-order chi connectivity index (χ1) is 9.47. The standard InChI is InChI=1S/C16H27NO3/c1-10-4-3-5-12(7-6-10)17-15(18)13-8-11(2)9-14(13)16(19)20/h10-14H,3-9H2,1-2H3,(H,17,18)(H,19,20). The third-order valence-electron chi connectivity index (χ3n) is 5.06. The van der Waals surface area contributed by atoms with E-state index in [0.29, 0.717) is 18.8 Å². The summed E-state index contributed by atoms with van der Waals surface area (Å²) >= 11 is 0. The van der Waals surface area contributed by atoms with E-state index >= 15 is 0 Å². The molecular weight excluding hydrogens is 254 g/mol. The van der Waals surface area contributed by atoms with Crippen LogP contribution >= 0.6 is 0 Å². The van der Waals surface area contributed by atoms with E-state index in [4.69, 9.17) is 0 Å². The van der Waals surface area contributed by atoms with Gasteiger partial charge in [-0.15, -0.1) is 0 Å². The summed E-state index contributed by atoms with van der Waals surface area (Å²) in [6.07, 6.45) is 6.98. The second-order valence-electron chi connectivity index (χ2n) is 6.95. The third kappa shape index (κ3) is 3.74. The van der Waals surface area contributed by atoms with E-state index in [9.17, 15) is 14.7 Å². The number of amides is 1. The predicted molar refractivity (Wildman–Crippen MR) is 77.2 cm³/mol. The van der Waals surface area contributed by atoms with Crippen molar-refractivity contribution < 1.29 is 14.7 Å². The lowest BCUT2D eigenvalue weighted by Crippen LogP contribution is -2.41. The highest BCUT2D eigenvalue weighted by Gasteiger charge is 2.41. The highest BCUT2D eigenvalue weighted by atomic mass is 16.4. The molecule has 0 saturated heterocycles. The zero-order valence-corrected chi connectivity index (χ0v) is 12.6. The van der Waals surface area contributed by atoms with Gasteiger partial charge in [0.2, 0.25) is 5.91 Å². The van der Waals surface area contributed by atoms with Crippen LogP contribution in [0.15, 0.2) is 0 Å². The van der Waals surface area contributed by atoms with Crippen LogP contribution in [0.4, 0.5) is 0 Å². The Labute approximate surface area is 121 Å². The van der Waals surface area contributed by atoms with E-state index in [1.807, 2.05) is 6.92 Å². The summed E-state index contributed by atoms with van der Waals surface area (Å²) in [6.45, 7) is 4.31. The molecular formula is C16H27NO3. The lowest BCUT2D eigenvalue weighted by molar-refractivity contribution is -0.146. The Morgan fingerprint density at radius 1 is 0.950 bits per heavy atom. The summed E-state index contributed by atoms with van der Waals surface area (Å²) in [7, 11) is 0. The molecule has 0 bridgehead atoms. The number of carbonyl (C=O) groups excluding carboxylic acids is 1. The van der Waals surface area contributed by atoms with Gasteiger partial charge in [-0.05, 0) is 43.9 Å². The number of carboxylic acid groups (broad SMARTS) is 1. The van der Waals surface area contributed by atoms with Crippen molar-refractivity contribution in [2.24, 2.45) is 23.7 Å². The highest BCUT2D eigenvalue weighted by Crippen LogP contribution is 2.36. The molecule has 114 valence electrons. The second kappa shape index (κ2) is 6.59. The Balaban J connectivity index is 1.92. The first-order valence-electron chi connectivity index (χ1n) is 8.00. The van der Waals surface area contributed by atoms with E-state index in [-0.39, 0.29) is 17.9 Å². The molecule has 0 aliphatic heterocycles. The number of rotatable bonds is 3. The van der Waals surface area contributed by atoms with Gasteiger partial charge in [0, 0.05) is 6.04 Å². The highest BCUT2D eigenvalue weighted by molar-refractivity contribution is 5.85. The van der Waals surface area contributed by atoms with Crippen molar-refractivity contribution in [3.63, 3.8) is 0 Å². The van der Waals surface area contributed by atoms with Gasteiger partial charge in [0.05, 0.1) is 11.8 Å². The normalized spacial score (nSPS) is 38.2. The monoisotopic (exact) mass is 281 g/mol. The Morgan fingerprint density at radius 2 is 1.65 bits per heavy atom. The number of carbonyl (C=O) groups is 2. The molecule has 5 atom stereocenters. The van der Waals surface area contributed by atoms with Crippen LogP contribution in [-0.2, 0) is 9.59 Å². The largest absolute Gasteiger partial charge is 0.481 e. The topological polar surface area (TPSA) is 66.4 Å². The molecule has 0 radical (unpaired) electrons. The molecule has 2 rings (SSSR count). The fourth-order valence-electron chi connectivity index (χ4n) is 3.79. The number of hydrogen-bond donors (Lipinski definition) is 2. The van der Waals surface area contributed by atoms with Gasteiger partial charge < -0.3 is 10.4 Å². The Bertz CT molecular complexity index is 369. The number of hydrogen-bond acceptors (Lipinski definition) is 2. The molecule has 1 amide bonds. The van der Waals surface area contributed by atoms with Crippen LogP contribution < -0.4 is 5.32 Å². The molecule has 20 heavy (non-hydrogen) atoms. The molecule has 2 N–H and O–H groups in total. The molecule has 0 heterocycles. The molecule has 0 aromatic rings. The first kappa shape index (κ1) is 15.3. The van der Waals surface area contributed by atoms with Crippen LogP contribution in [0.5, 0.6) is 0 Å². The summed E-state index contributed by atoms with van der Waals surface area (Å²) < 4.78 is 0. The van der Waals surface area contributed by atoms with E-state index in [0.717, 1.165) is 31.6 Å². The maximum absolute atomic E-state index is 12.4. The van der Waals surface area contributed by atoms with Gasteiger partial charge in [0.25, 0.3) is 0 Å². The lowest BCUT2D eigenvalue weighted by atomic mass is 9.94. The summed E-state index contributed by atoms with van der Waals surface area (Å²) in [5.41, 5.74) is 0. The number of aliphatic carboxylic acids is 1. The maximum Gasteiger partial charge on any atom is 0.307 e. The zero-order chi connectivity index (χ0) is 14.7. The molecule has 4 nitrogen and oxygen atoms in total. The molecule has 2 fully saturated rings. The van der Waals surface area contributed by atoms with Crippen molar-refractivity contribution in [2.45, 2.75) is 64.8 Å². The van der Waals surface area contributed by atoms with Crippen LogP contribution in [0, 0.1) is 23.7 Å². The van der Waals surface area contributed by atoms with Crippen molar-refractivity contribution >= 4 is 11.9 Å². The molecule has 2 aliphatic rings. The SMILES string of the molecule is CC1CCCC(NC(=O)C2CC(C)CC2C(=O)O)CC1. The Hall–Kier alpha value is -1.06. The Morgan fingerprint density at radius 3 is 2.35 bits per heavy atom. The van der Waals surface area contributed by atoms with Gasteiger partial charge >= 0.3 is 5.97 Å². The van der Waals surface area contributed by atoms with Gasteiger partial charge in [-0.2, -0.15) is 0 Å². The smallest absolute Gasteiger partial charge is 0.307 e. The Kier molecular flexibility index (Phi) is 5.06. The zero-order valence-electron chi connectivity index (χ0n) is 12.6. The minimum atomic E-state index is -0.816. The van der Waals surface area contributed by atoms with Gasteiger partial charge in [-0.3, -0.25) is 9.59 Å². The van der Waals surface area contributed by atoms with Crippen molar-refractivity contribution in [2.75, 3.05) is 0 Å². The summed E-state index contributed by atoms with van der Waals surface area (Å²) in [5.74, 6) is -0.584. The fraction of sp³-hybridized carbons (Fsp3) is 0.875.